The molecule has 1 aromatic rings. The number of halogens is 1. The number of carbonyl (C=O) groups is 1. The molecule has 18 heavy (non-hydrogen) atoms. The van der Waals surface area contributed by atoms with Crippen molar-refractivity contribution in [3.8, 4) is 0 Å². The smallest absolute Gasteiger partial charge is 0.324 e. The predicted octanol–water partition coefficient (Wildman–Crippen LogP) is 3.19. The van der Waals surface area contributed by atoms with Crippen molar-refractivity contribution in [2.75, 3.05) is 12.4 Å². The second-order valence-electron chi connectivity index (χ2n) is 3.75. The Morgan fingerprint density at radius 1 is 1.33 bits per heavy atom. The predicted molar refractivity (Wildman–Crippen MR) is 72.5 cm³/mol. The molecule has 5 nitrogen and oxygen atoms in total. The molecule has 1 aromatic heterocycles. The Kier molecular flexibility index (Phi) is 6.67. The number of alkyl halides is 1. The van der Waals surface area contributed by atoms with Crippen molar-refractivity contribution in [3.05, 3.63) is 27.1 Å². The first-order chi connectivity index (χ1) is 8.65. The van der Waals surface area contributed by atoms with Crippen LogP contribution >= 0.6 is 22.9 Å². The molecule has 1 heterocycles. The SMILES string of the molecule is O=C(NCCCCCCCl)c1ccc([N+](=O)[O-])s1. The van der Waals surface area contributed by atoms with E-state index in [0.717, 1.165) is 37.0 Å². The van der Waals surface area contributed by atoms with Gasteiger partial charge in [-0.2, -0.15) is 0 Å². The topological polar surface area (TPSA) is 72.2 Å². The lowest BCUT2D eigenvalue weighted by molar-refractivity contribution is -0.380. The normalized spacial score (nSPS) is 10.3. The van der Waals surface area contributed by atoms with Gasteiger partial charge in [0.2, 0.25) is 0 Å². The first-order valence-corrected chi connectivity index (χ1v) is 7.08. The third kappa shape index (κ3) is 5.01. The number of nitrogens with zero attached hydrogens (tertiary/aromatic N) is 1. The summed E-state index contributed by atoms with van der Waals surface area (Å²) in [5, 5.41) is 13.2. The molecule has 0 aromatic carbocycles. The molecule has 0 saturated carbocycles. The van der Waals surface area contributed by atoms with Crippen LogP contribution in [-0.2, 0) is 0 Å². The first-order valence-electron chi connectivity index (χ1n) is 5.73. The summed E-state index contributed by atoms with van der Waals surface area (Å²) in [5.74, 6) is 0.427. The van der Waals surface area contributed by atoms with Gasteiger partial charge in [0.1, 0.15) is 0 Å². The molecule has 1 rings (SSSR count). The lowest BCUT2D eigenvalue weighted by atomic mass is 10.2. The summed E-state index contributed by atoms with van der Waals surface area (Å²) >= 11 is 6.44. The fourth-order valence-corrected chi connectivity index (χ4v) is 2.34. The van der Waals surface area contributed by atoms with Crippen molar-refractivity contribution in [3.63, 3.8) is 0 Å². The Hall–Kier alpha value is -1.14. The molecule has 0 bridgehead atoms. The quantitative estimate of drug-likeness (QED) is 0.346. The molecule has 0 saturated heterocycles. The standard InChI is InChI=1S/C11H15ClN2O3S/c12-7-3-1-2-4-8-13-11(15)9-5-6-10(18-9)14(16)17/h5-6H,1-4,7-8H2,(H,13,15). The number of thiophene rings is 1. The van der Waals surface area contributed by atoms with E-state index in [0.29, 0.717) is 17.3 Å². The van der Waals surface area contributed by atoms with Gasteiger partial charge in [0.25, 0.3) is 5.91 Å². The van der Waals surface area contributed by atoms with Gasteiger partial charge in [0.15, 0.2) is 0 Å². The summed E-state index contributed by atoms with van der Waals surface area (Å²) in [4.78, 5) is 22.0. The lowest BCUT2D eigenvalue weighted by Gasteiger charge is -2.02. The number of rotatable bonds is 8. The molecule has 0 spiro atoms. The van der Waals surface area contributed by atoms with Crippen LogP contribution in [0.5, 0.6) is 0 Å². The molecular formula is C11H15ClN2O3S. The molecule has 0 radical (unpaired) electrons. The van der Waals surface area contributed by atoms with Gasteiger partial charge in [-0.15, -0.1) is 11.6 Å². The summed E-state index contributed by atoms with van der Waals surface area (Å²) in [7, 11) is 0. The Morgan fingerprint density at radius 3 is 2.67 bits per heavy atom. The molecular weight excluding hydrogens is 276 g/mol. The highest BCUT2D eigenvalue weighted by Crippen LogP contribution is 2.23. The van der Waals surface area contributed by atoms with E-state index in [-0.39, 0.29) is 10.9 Å². The Balaban J connectivity index is 2.25. The van der Waals surface area contributed by atoms with Crippen LogP contribution in [0.3, 0.4) is 0 Å². The number of unbranched alkanes of at least 4 members (excludes halogenated alkanes) is 3. The van der Waals surface area contributed by atoms with Crippen molar-refractivity contribution in [2.24, 2.45) is 0 Å². The molecule has 0 aliphatic carbocycles. The third-order valence-electron chi connectivity index (χ3n) is 2.34. The molecule has 7 heteroatoms. The Morgan fingerprint density at radius 2 is 2.06 bits per heavy atom. The van der Waals surface area contributed by atoms with Gasteiger partial charge in [-0.25, -0.2) is 0 Å². The van der Waals surface area contributed by atoms with E-state index in [9.17, 15) is 14.9 Å². The molecule has 0 fully saturated rings. The zero-order valence-corrected chi connectivity index (χ0v) is 11.4. The maximum Gasteiger partial charge on any atom is 0.324 e. The lowest BCUT2D eigenvalue weighted by Crippen LogP contribution is -2.23. The van der Waals surface area contributed by atoms with Crippen LogP contribution in [-0.4, -0.2) is 23.3 Å². The Labute approximate surface area is 114 Å². The number of amides is 1. The highest BCUT2D eigenvalue weighted by atomic mass is 35.5. The van der Waals surface area contributed by atoms with Gasteiger partial charge in [-0.05, 0) is 18.9 Å². The van der Waals surface area contributed by atoms with Crippen molar-refractivity contribution in [1.82, 2.24) is 5.32 Å². The van der Waals surface area contributed by atoms with E-state index in [4.69, 9.17) is 11.6 Å². The molecule has 0 aliphatic rings. The maximum absolute atomic E-state index is 11.6. The number of nitro groups is 1. The van der Waals surface area contributed by atoms with E-state index < -0.39 is 4.92 Å². The Bertz CT molecular complexity index is 409. The third-order valence-corrected chi connectivity index (χ3v) is 3.64. The highest BCUT2D eigenvalue weighted by molar-refractivity contribution is 7.17. The summed E-state index contributed by atoms with van der Waals surface area (Å²) in [5.41, 5.74) is 0. The van der Waals surface area contributed by atoms with Crippen LogP contribution in [0.2, 0.25) is 0 Å². The largest absolute Gasteiger partial charge is 0.351 e. The van der Waals surface area contributed by atoms with Gasteiger partial charge >= 0.3 is 5.00 Å². The van der Waals surface area contributed by atoms with Crippen molar-refractivity contribution < 1.29 is 9.72 Å². The molecule has 1 amide bonds. The van der Waals surface area contributed by atoms with E-state index in [1.807, 2.05) is 0 Å². The molecule has 0 atom stereocenters. The van der Waals surface area contributed by atoms with Crippen LogP contribution in [0.15, 0.2) is 12.1 Å². The van der Waals surface area contributed by atoms with Crippen LogP contribution in [0.1, 0.15) is 35.4 Å². The van der Waals surface area contributed by atoms with Crippen molar-refractivity contribution >= 4 is 33.8 Å². The fraction of sp³-hybridized carbons (Fsp3) is 0.545. The van der Waals surface area contributed by atoms with Crippen molar-refractivity contribution in [2.45, 2.75) is 25.7 Å². The second kappa shape index (κ2) is 8.05. The minimum absolute atomic E-state index is 0.0118. The molecule has 100 valence electrons. The maximum atomic E-state index is 11.6. The average molecular weight is 291 g/mol. The van der Waals surface area contributed by atoms with Gasteiger partial charge < -0.3 is 5.32 Å². The minimum atomic E-state index is -0.492. The second-order valence-corrected chi connectivity index (χ2v) is 5.19. The molecule has 0 aliphatic heterocycles. The summed E-state index contributed by atoms with van der Waals surface area (Å²) in [6, 6.07) is 2.83. The monoisotopic (exact) mass is 290 g/mol. The van der Waals surface area contributed by atoms with E-state index >= 15 is 0 Å². The van der Waals surface area contributed by atoms with Gasteiger partial charge in [-0.1, -0.05) is 24.2 Å². The number of nitrogens with one attached hydrogen (secondary N) is 1. The van der Waals surface area contributed by atoms with Crippen LogP contribution in [0, 0.1) is 10.1 Å². The molecule has 0 unspecified atom stereocenters. The van der Waals surface area contributed by atoms with Gasteiger partial charge in [0, 0.05) is 18.5 Å². The zero-order chi connectivity index (χ0) is 13.4. The van der Waals surface area contributed by atoms with E-state index in [1.54, 1.807) is 0 Å². The van der Waals surface area contributed by atoms with E-state index in [2.05, 4.69) is 5.32 Å². The van der Waals surface area contributed by atoms with Crippen LogP contribution in [0.25, 0.3) is 0 Å². The summed E-state index contributed by atoms with van der Waals surface area (Å²) in [6.07, 6.45) is 3.98. The van der Waals surface area contributed by atoms with Crippen LogP contribution in [0.4, 0.5) is 5.00 Å². The van der Waals surface area contributed by atoms with Crippen molar-refractivity contribution in [1.29, 1.82) is 0 Å². The summed E-state index contributed by atoms with van der Waals surface area (Å²) in [6.45, 7) is 0.590. The minimum Gasteiger partial charge on any atom is -0.351 e. The highest BCUT2D eigenvalue weighted by Gasteiger charge is 2.14. The molecule has 1 N–H and O–H groups in total. The number of carbonyl (C=O) groups excluding carboxylic acids is 1. The fourth-order valence-electron chi connectivity index (χ4n) is 1.41. The number of hydrogen-bond acceptors (Lipinski definition) is 4. The average Bonchev–Trinajstić information content (AvgIpc) is 2.83. The van der Waals surface area contributed by atoms with Gasteiger partial charge in [0.05, 0.1) is 9.80 Å². The summed E-state index contributed by atoms with van der Waals surface area (Å²) < 4.78 is 0. The number of hydrogen-bond donors (Lipinski definition) is 1. The van der Waals surface area contributed by atoms with Crippen LogP contribution < -0.4 is 5.32 Å². The zero-order valence-electron chi connectivity index (χ0n) is 9.86. The first kappa shape index (κ1) is 14.9. The van der Waals surface area contributed by atoms with Gasteiger partial charge in [-0.3, -0.25) is 14.9 Å². The van der Waals surface area contributed by atoms with E-state index in [1.165, 1.54) is 12.1 Å².